The van der Waals surface area contributed by atoms with Crippen LogP contribution in [0.5, 0.6) is 5.75 Å². The van der Waals surface area contributed by atoms with Gasteiger partial charge in [0.15, 0.2) is 0 Å². The number of thioether (sulfide) groups is 1. The van der Waals surface area contributed by atoms with Crippen LogP contribution in [0.15, 0.2) is 47.4 Å². The first-order chi connectivity index (χ1) is 11.0. The fourth-order valence-corrected chi connectivity index (χ4v) is 2.87. The zero-order valence-electron chi connectivity index (χ0n) is 13.2. The Balaban J connectivity index is 2.04. The van der Waals surface area contributed by atoms with E-state index in [0.29, 0.717) is 10.8 Å². The summed E-state index contributed by atoms with van der Waals surface area (Å²) < 4.78 is 5.12. The van der Waals surface area contributed by atoms with Crippen LogP contribution in [0.1, 0.15) is 6.92 Å². The fourth-order valence-electron chi connectivity index (χ4n) is 2.06. The number of hydrogen-bond acceptors (Lipinski definition) is 4. The number of carbonyl (C=O) groups excluding carboxylic acids is 1. The maximum absolute atomic E-state index is 12.4. The summed E-state index contributed by atoms with van der Waals surface area (Å²) in [7, 11) is 1.56. The highest BCUT2D eigenvalue weighted by Crippen LogP contribution is 2.28. The molecule has 0 bridgehead atoms. The smallest absolute Gasteiger partial charge is 0.246 e. The Labute approximate surface area is 145 Å². The molecule has 0 heterocycles. The Kier molecular flexibility index (Phi) is 6.19. The first kappa shape index (κ1) is 17.5. The van der Waals surface area contributed by atoms with Crippen molar-refractivity contribution in [2.75, 3.05) is 24.0 Å². The van der Waals surface area contributed by atoms with Crippen molar-refractivity contribution in [1.29, 1.82) is 0 Å². The summed E-state index contributed by atoms with van der Waals surface area (Å²) in [6.07, 6.45) is 1.98. The summed E-state index contributed by atoms with van der Waals surface area (Å²) in [6, 6.07) is 12.6. The lowest BCUT2D eigenvalue weighted by Crippen LogP contribution is -2.32. The number of halogens is 1. The second kappa shape index (κ2) is 8.13. The quantitative estimate of drug-likeness (QED) is 0.752. The number of amides is 1. The molecule has 2 aromatic carbocycles. The second-order valence-corrected chi connectivity index (χ2v) is 6.16. The predicted octanol–water partition coefficient (Wildman–Crippen LogP) is 4.51. The van der Waals surface area contributed by atoms with E-state index >= 15 is 0 Å². The number of para-hydroxylation sites is 1. The van der Waals surface area contributed by atoms with Crippen LogP contribution in [0.4, 0.5) is 11.4 Å². The molecule has 0 aliphatic carbocycles. The molecule has 0 aromatic heterocycles. The summed E-state index contributed by atoms with van der Waals surface area (Å²) in [5.41, 5.74) is 1.57. The SMILES string of the molecule is COc1ccc(N[C@H](C)C(=O)Nc2ccccc2SC)cc1Cl. The minimum absolute atomic E-state index is 0.113. The Morgan fingerprint density at radius 2 is 2.00 bits per heavy atom. The Morgan fingerprint density at radius 1 is 1.26 bits per heavy atom. The topological polar surface area (TPSA) is 50.4 Å². The molecular formula is C17H19ClN2O2S. The van der Waals surface area contributed by atoms with Gasteiger partial charge in [-0.15, -0.1) is 11.8 Å². The lowest BCUT2D eigenvalue weighted by atomic mass is 10.2. The van der Waals surface area contributed by atoms with E-state index in [1.807, 2.05) is 36.6 Å². The van der Waals surface area contributed by atoms with E-state index < -0.39 is 6.04 Å². The minimum Gasteiger partial charge on any atom is -0.495 e. The molecule has 2 N–H and O–H groups in total. The first-order valence-electron chi connectivity index (χ1n) is 7.09. The van der Waals surface area contributed by atoms with Gasteiger partial charge in [0.2, 0.25) is 5.91 Å². The maximum atomic E-state index is 12.4. The monoisotopic (exact) mass is 350 g/mol. The molecule has 4 nitrogen and oxygen atoms in total. The molecule has 122 valence electrons. The molecule has 2 aromatic rings. The third-order valence-electron chi connectivity index (χ3n) is 3.29. The molecule has 0 fully saturated rings. The molecule has 0 radical (unpaired) electrons. The molecular weight excluding hydrogens is 332 g/mol. The van der Waals surface area contributed by atoms with Gasteiger partial charge in [-0.05, 0) is 43.5 Å². The van der Waals surface area contributed by atoms with Crippen molar-refractivity contribution < 1.29 is 9.53 Å². The molecule has 0 spiro atoms. The van der Waals surface area contributed by atoms with Crippen LogP contribution >= 0.6 is 23.4 Å². The third-order valence-corrected chi connectivity index (χ3v) is 4.38. The van der Waals surface area contributed by atoms with Crippen molar-refractivity contribution in [3.63, 3.8) is 0 Å². The van der Waals surface area contributed by atoms with Crippen LogP contribution in [-0.2, 0) is 4.79 Å². The van der Waals surface area contributed by atoms with Crippen molar-refractivity contribution in [3.8, 4) is 5.75 Å². The molecule has 1 atom stereocenters. The van der Waals surface area contributed by atoms with Gasteiger partial charge in [0.05, 0.1) is 17.8 Å². The van der Waals surface area contributed by atoms with Gasteiger partial charge in [-0.2, -0.15) is 0 Å². The van der Waals surface area contributed by atoms with Crippen LogP contribution in [0.2, 0.25) is 5.02 Å². The molecule has 2 rings (SSSR count). The van der Waals surface area contributed by atoms with Crippen molar-refractivity contribution in [3.05, 3.63) is 47.5 Å². The highest BCUT2D eigenvalue weighted by molar-refractivity contribution is 7.98. The van der Waals surface area contributed by atoms with Gasteiger partial charge >= 0.3 is 0 Å². The lowest BCUT2D eigenvalue weighted by molar-refractivity contribution is -0.116. The summed E-state index contributed by atoms with van der Waals surface area (Å²) in [5.74, 6) is 0.488. The Hall–Kier alpha value is -1.85. The highest BCUT2D eigenvalue weighted by atomic mass is 35.5. The van der Waals surface area contributed by atoms with Gasteiger partial charge in [-0.25, -0.2) is 0 Å². The van der Waals surface area contributed by atoms with Crippen LogP contribution < -0.4 is 15.4 Å². The van der Waals surface area contributed by atoms with Gasteiger partial charge in [0.1, 0.15) is 11.8 Å². The summed E-state index contributed by atoms with van der Waals surface area (Å²) in [5, 5.41) is 6.57. The molecule has 0 saturated carbocycles. The number of methoxy groups -OCH3 is 1. The normalized spacial score (nSPS) is 11.7. The average Bonchev–Trinajstić information content (AvgIpc) is 2.55. The minimum atomic E-state index is -0.408. The maximum Gasteiger partial charge on any atom is 0.246 e. The van der Waals surface area contributed by atoms with Gasteiger partial charge in [0.25, 0.3) is 0 Å². The van der Waals surface area contributed by atoms with E-state index in [1.165, 1.54) is 0 Å². The van der Waals surface area contributed by atoms with Crippen molar-refractivity contribution in [2.24, 2.45) is 0 Å². The molecule has 0 unspecified atom stereocenters. The predicted molar refractivity (Wildman–Crippen MR) is 97.9 cm³/mol. The van der Waals surface area contributed by atoms with E-state index in [2.05, 4.69) is 10.6 Å². The largest absolute Gasteiger partial charge is 0.495 e. The molecule has 6 heteroatoms. The number of carbonyl (C=O) groups is 1. The summed E-state index contributed by atoms with van der Waals surface area (Å²) >= 11 is 7.69. The number of hydrogen-bond donors (Lipinski definition) is 2. The zero-order valence-corrected chi connectivity index (χ0v) is 14.8. The van der Waals surface area contributed by atoms with Gasteiger partial charge in [-0.3, -0.25) is 4.79 Å². The fraction of sp³-hybridized carbons (Fsp3) is 0.235. The Bertz CT molecular complexity index is 694. The summed E-state index contributed by atoms with van der Waals surface area (Å²) in [4.78, 5) is 13.4. The van der Waals surface area contributed by atoms with Gasteiger partial charge in [-0.1, -0.05) is 23.7 Å². The van der Waals surface area contributed by atoms with E-state index in [0.717, 1.165) is 16.3 Å². The van der Waals surface area contributed by atoms with Gasteiger partial charge in [0, 0.05) is 10.6 Å². The standard InChI is InChI=1S/C17H19ClN2O2S/c1-11(19-12-8-9-15(22-2)13(18)10-12)17(21)20-14-6-4-5-7-16(14)23-3/h4-11,19H,1-3H3,(H,20,21)/t11-/m1/s1. The van der Waals surface area contributed by atoms with Crippen molar-refractivity contribution in [1.82, 2.24) is 0 Å². The van der Waals surface area contributed by atoms with Crippen molar-refractivity contribution in [2.45, 2.75) is 17.9 Å². The number of anilines is 2. The molecule has 0 aliphatic heterocycles. The lowest BCUT2D eigenvalue weighted by Gasteiger charge is -2.17. The number of benzene rings is 2. The van der Waals surface area contributed by atoms with E-state index in [-0.39, 0.29) is 5.91 Å². The van der Waals surface area contributed by atoms with Crippen molar-refractivity contribution >= 4 is 40.6 Å². The van der Waals surface area contributed by atoms with E-state index in [4.69, 9.17) is 16.3 Å². The third kappa shape index (κ3) is 4.56. The van der Waals surface area contributed by atoms with Crippen LogP contribution in [-0.4, -0.2) is 25.3 Å². The van der Waals surface area contributed by atoms with Crippen LogP contribution in [0.25, 0.3) is 0 Å². The second-order valence-electron chi connectivity index (χ2n) is 4.90. The molecule has 0 aliphatic rings. The Morgan fingerprint density at radius 3 is 2.65 bits per heavy atom. The van der Waals surface area contributed by atoms with Crippen LogP contribution in [0.3, 0.4) is 0 Å². The van der Waals surface area contributed by atoms with E-state index in [9.17, 15) is 4.79 Å². The summed E-state index contributed by atoms with van der Waals surface area (Å²) in [6.45, 7) is 1.80. The number of nitrogens with one attached hydrogen (secondary N) is 2. The molecule has 1 amide bonds. The highest BCUT2D eigenvalue weighted by Gasteiger charge is 2.15. The molecule has 0 saturated heterocycles. The number of rotatable bonds is 6. The number of ether oxygens (including phenoxy) is 1. The molecule has 23 heavy (non-hydrogen) atoms. The van der Waals surface area contributed by atoms with Gasteiger partial charge < -0.3 is 15.4 Å². The van der Waals surface area contributed by atoms with E-state index in [1.54, 1.807) is 37.9 Å². The van der Waals surface area contributed by atoms with Crippen LogP contribution in [0, 0.1) is 0 Å². The average molecular weight is 351 g/mol. The zero-order chi connectivity index (χ0) is 16.8. The first-order valence-corrected chi connectivity index (χ1v) is 8.69.